The summed E-state index contributed by atoms with van der Waals surface area (Å²) in [5.41, 5.74) is 1.37. The number of rotatable bonds is 7. The maximum atomic E-state index is 12.0. The molecular formula is C15H18N2O3. The molecule has 0 aliphatic carbocycles. The van der Waals surface area contributed by atoms with E-state index in [9.17, 15) is 9.59 Å². The summed E-state index contributed by atoms with van der Waals surface area (Å²) in [5, 5.41) is 17.6. The van der Waals surface area contributed by atoms with Gasteiger partial charge in [-0.2, -0.15) is 5.26 Å². The zero-order valence-corrected chi connectivity index (χ0v) is 11.5. The monoisotopic (exact) mass is 274 g/mol. The minimum Gasteiger partial charge on any atom is -0.481 e. The van der Waals surface area contributed by atoms with Crippen LogP contribution in [0.5, 0.6) is 0 Å². The summed E-state index contributed by atoms with van der Waals surface area (Å²) in [6.45, 7) is 2.78. The number of amides is 1. The number of carbonyl (C=O) groups excluding carboxylic acids is 1. The number of carboxylic acids is 1. The van der Waals surface area contributed by atoms with E-state index in [0.717, 1.165) is 5.56 Å². The molecule has 0 saturated heterocycles. The number of hydrogen-bond donors (Lipinski definition) is 1. The second-order valence-corrected chi connectivity index (χ2v) is 4.42. The van der Waals surface area contributed by atoms with Gasteiger partial charge in [-0.1, -0.05) is 18.2 Å². The number of benzene rings is 1. The summed E-state index contributed by atoms with van der Waals surface area (Å²) in [6, 6.07) is 9.27. The van der Waals surface area contributed by atoms with Gasteiger partial charge in [0.25, 0.3) is 0 Å². The first kappa shape index (κ1) is 15.7. The molecule has 1 aromatic carbocycles. The summed E-state index contributed by atoms with van der Waals surface area (Å²) < 4.78 is 0. The number of carbonyl (C=O) groups is 2. The maximum absolute atomic E-state index is 12.0. The van der Waals surface area contributed by atoms with Crippen molar-refractivity contribution in [1.82, 2.24) is 4.90 Å². The second-order valence-electron chi connectivity index (χ2n) is 4.42. The second kappa shape index (κ2) is 7.95. The summed E-state index contributed by atoms with van der Waals surface area (Å²) in [4.78, 5) is 24.1. The molecule has 0 aliphatic rings. The van der Waals surface area contributed by atoms with Crippen molar-refractivity contribution in [1.29, 1.82) is 5.26 Å². The Morgan fingerprint density at radius 3 is 2.60 bits per heavy atom. The Hall–Kier alpha value is -2.35. The smallest absolute Gasteiger partial charge is 0.303 e. The highest BCUT2D eigenvalue weighted by atomic mass is 16.4. The van der Waals surface area contributed by atoms with Gasteiger partial charge in [-0.3, -0.25) is 9.59 Å². The molecular weight excluding hydrogens is 256 g/mol. The van der Waals surface area contributed by atoms with E-state index in [2.05, 4.69) is 6.07 Å². The van der Waals surface area contributed by atoms with E-state index in [1.165, 1.54) is 0 Å². The molecule has 0 radical (unpaired) electrons. The van der Waals surface area contributed by atoms with Gasteiger partial charge in [-0.15, -0.1) is 0 Å². The molecule has 106 valence electrons. The van der Waals surface area contributed by atoms with E-state index in [1.54, 1.807) is 17.0 Å². The average molecular weight is 274 g/mol. The van der Waals surface area contributed by atoms with Crippen molar-refractivity contribution in [3.05, 3.63) is 35.4 Å². The Bertz CT molecular complexity index is 520. The molecule has 0 atom stereocenters. The first-order valence-electron chi connectivity index (χ1n) is 6.56. The first-order chi connectivity index (χ1) is 9.58. The van der Waals surface area contributed by atoms with Gasteiger partial charge in [0.2, 0.25) is 5.91 Å². The lowest BCUT2D eigenvalue weighted by Gasteiger charge is -2.21. The van der Waals surface area contributed by atoms with Gasteiger partial charge < -0.3 is 10.0 Å². The molecule has 20 heavy (non-hydrogen) atoms. The number of nitrogens with zero attached hydrogens (tertiary/aromatic N) is 2. The largest absolute Gasteiger partial charge is 0.481 e. The summed E-state index contributed by atoms with van der Waals surface area (Å²) in [5.74, 6) is -0.975. The van der Waals surface area contributed by atoms with Crippen molar-refractivity contribution >= 4 is 11.9 Å². The van der Waals surface area contributed by atoms with Gasteiger partial charge in [-0.25, -0.2) is 0 Å². The lowest BCUT2D eigenvalue weighted by molar-refractivity contribution is -0.137. The summed E-state index contributed by atoms with van der Waals surface area (Å²) in [6.07, 6.45) is 0.553. The normalized spacial score (nSPS) is 9.80. The van der Waals surface area contributed by atoms with Crippen LogP contribution in [0, 0.1) is 11.3 Å². The molecule has 1 amide bonds. The third kappa shape index (κ3) is 4.73. The van der Waals surface area contributed by atoms with Crippen LogP contribution in [0.2, 0.25) is 0 Å². The van der Waals surface area contributed by atoms with E-state index in [4.69, 9.17) is 10.4 Å². The molecule has 0 fully saturated rings. The van der Waals surface area contributed by atoms with Gasteiger partial charge >= 0.3 is 5.97 Å². The number of carboxylic acid groups (broad SMARTS) is 1. The zero-order chi connectivity index (χ0) is 15.0. The van der Waals surface area contributed by atoms with Gasteiger partial charge in [0.05, 0.1) is 11.6 Å². The van der Waals surface area contributed by atoms with E-state index in [1.807, 2.05) is 19.1 Å². The van der Waals surface area contributed by atoms with E-state index < -0.39 is 5.97 Å². The van der Waals surface area contributed by atoms with Crippen LogP contribution >= 0.6 is 0 Å². The zero-order valence-electron chi connectivity index (χ0n) is 11.5. The quantitative estimate of drug-likeness (QED) is 0.826. The average Bonchev–Trinajstić information content (AvgIpc) is 2.44. The Balaban J connectivity index is 2.65. The van der Waals surface area contributed by atoms with Crippen molar-refractivity contribution in [2.24, 2.45) is 0 Å². The standard InChI is InChI=1S/C15H18N2O3/c1-2-17(14(18)8-5-9-15(19)20)11-13-7-4-3-6-12(13)10-16/h3-4,6-7H,2,5,8-9,11H2,1H3,(H,19,20). The van der Waals surface area contributed by atoms with Crippen LogP contribution in [-0.2, 0) is 16.1 Å². The van der Waals surface area contributed by atoms with Crippen LogP contribution in [0.1, 0.15) is 37.3 Å². The van der Waals surface area contributed by atoms with Crippen molar-refractivity contribution in [2.75, 3.05) is 6.54 Å². The molecule has 1 aromatic rings. The van der Waals surface area contributed by atoms with Gasteiger partial charge in [-0.05, 0) is 25.0 Å². The Morgan fingerprint density at radius 2 is 2.00 bits per heavy atom. The van der Waals surface area contributed by atoms with Crippen LogP contribution in [0.3, 0.4) is 0 Å². The molecule has 0 unspecified atom stereocenters. The number of nitriles is 1. The molecule has 0 bridgehead atoms. The molecule has 0 heterocycles. The van der Waals surface area contributed by atoms with Gasteiger partial charge in [0.15, 0.2) is 0 Å². The predicted octanol–water partition coefficient (Wildman–Crippen LogP) is 2.16. The van der Waals surface area contributed by atoms with Crippen LogP contribution < -0.4 is 0 Å². The third-order valence-electron chi connectivity index (χ3n) is 3.01. The third-order valence-corrected chi connectivity index (χ3v) is 3.01. The van der Waals surface area contributed by atoms with E-state index >= 15 is 0 Å². The predicted molar refractivity (Wildman–Crippen MR) is 73.7 cm³/mol. The van der Waals surface area contributed by atoms with E-state index in [-0.39, 0.29) is 18.7 Å². The maximum Gasteiger partial charge on any atom is 0.303 e. The summed E-state index contributed by atoms with van der Waals surface area (Å²) in [7, 11) is 0. The minimum atomic E-state index is -0.893. The fourth-order valence-corrected chi connectivity index (χ4v) is 1.90. The van der Waals surface area contributed by atoms with E-state index in [0.29, 0.717) is 25.1 Å². The molecule has 0 spiro atoms. The molecule has 0 aliphatic heterocycles. The lowest BCUT2D eigenvalue weighted by Crippen LogP contribution is -2.30. The van der Waals surface area contributed by atoms with Gasteiger partial charge in [0, 0.05) is 25.9 Å². The molecule has 1 rings (SSSR count). The molecule has 5 nitrogen and oxygen atoms in total. The van der Waals surface area contributed by atoms with Crippen molar-refractivity contribution in [3.8, 4) is 6.07 Å². The number of aliphatic carboxylic acids is 1. The Labute approximate surface area is 118 Å². The summed E-state index contributed by atoms with van der Waals surface area (Å²) >= 11 is 0. The highest BCUT2D eigenvalue weighted by Crippen LogP contribution is 2.12. The topological polar surface area (TPSA) is 81.4 Å². The Kier molecular flexibility index (Phi) is 6.24. The fraction of sp³-hybridized carbons (Fsp3) is 0.400. The first-order valence-corrected chi connectivity index (χ1v) is 6.56. The SMILES string of the molecule is CCN(Cc1ccccc1C#N)C(=O)CCCC(=O)O. The lowest BCUT2D eigenvalue weighted by atomic mass is 10.1. The van der Waals surface area contributed by atoms with Crippen LogP contribution in [0.15, 0.2) is 24.3 Å². The Morgan fingerprint density at radius 1 is 1.30 bits per heavy atom. The molecule has 0 saturated carbocycles. The van der Waals surface area contributed by atoms with Gasteiger partial charge in [0.1, 0.15) is 0 Å². The van der Waals surface area contributed by atoms with Crippen molar-refractivity contribution in [3.63, 3.8) is 0 Å². The fourth-order valence-electron chi connectivity index (χ4n) is 1.90. The van der Waals surface area contributed by atoms with Crippen molar-refractivity contribution in [2.45, 2.75) is 32.7 Å². The molecule has 1 N–H and O–H groups in total. The minimum absolute atomic E-state index is 0.00191. The highest BCUT2D eigenvalue weighted by molar-refractivity contribution is 5.77. The number of hydrogen-bond acceptors (Lipinski definition) is 3. The highest BCUT2D eigenvalue weighted by Gasteiger charge is 2.14. The van der Waals surface area contributed by atoms with Crippen LogP contribution in [0.25, 0.3) is 0 Å². The molecule has 5 heteroatoms. The molecule has 0 aromatic heterocycles. The van der Waals surface area contributed by atoms with Crippen molar-refractivity contribution < 1.29 is 14.7 Å². The van der Waals surface area contributed by atoms with Crippen LogP contribution in [-0.4, -0.2) is 28.4 Å². The van der Waals surface area contributed by atoms with Crippen LogP contribution in [0.4, 0.5) is 0 Å².